The Morgan fingerprint density at radius 2 is 1.80 bits per heavy atom. The predicted octanol–water partition coefficient (Wildman–Crippen LogP) is 1.95. The number of hydrogen-bond donors (Lipinski definition) is 2. The second-order valence-electron chi connectivity index (χ2n) is 1.28. The molecule has 4 nitrogen and oxygen atoms in total. The Balaban J connectivity index is 0. The number of rotatable bonds is 2. The normalized spacial score (nSPS) is 8.60. The maximum absolute atomic E-state index is 8.70. The lowest BCUT2D eigenvalue weighted by molar-refractivity contribution is 0.405. The van der Waals surface area contributed by atoms with Gasteiger partial charge in [0.15, 0.2) is 0 Å². The summed E-state index contributed by atoms with van der Waals surface area (Å²) >= 11 is 6.37. The van der Waals surface area contributed by atoms with Gasteiger partial charge in [0.1, 0.15) is 0 Å². The quantitative estimate of drug-likeness (QED) is 0.604. The third kappa shape index (κ3) is 36.3. The minimum Gasteiger partial charge on any atom is -0.178 e. The molecule has 0 fully saturated rings. The molecular formula is C3H9Br2NO3P+. The lowest BCUT2D eigenvalue weighted by Gasteiger charge is -1.97. The first-order valence-electron chi connectivity index (χ1n) is 2.44. The summed E-state index contributed by atoms with van der Waals surface area (Å²) in [5, 5.41) is 0. The van der Waals surface area contributed by atoms with E-state index in [1.54, 1.807) is 2.95 Å². The van der Waals surface area contributed by atoms with Gasteiger partial charge in [0.25, 0.3) is 0 Å². The molecule has 0 radical (unpaired) electrons. The van der Waals surface area contributed by atoms with Crippen LogP contribution in [0.5, 0.6) is 0 Å². The fourth-order valence-corrected chi connectivity index (χ4v) is 0.878. The Labute approximate surface area is 77.9 Å². The molecule has 0 saturated heterocycles. The molecule has 0 aromatic rings. The molecule has 0 saturated carbocycles. The summed E-state index contributed by atoms with van der Waals surface area (Å²) in [7, 11) is -2.87. The average molecular weight is 298 g/mol. The van der Waals surface area contributed by atoms with Gasteiger partial charge in [0.2, 0.25) is 0 Å². The van der Waals surface area contributed by atoms with E-state index < -0.39 is 8.25 Å². The summed E-state index contributed by atoms with van der Waals surface area (Å²) in [6.07, 6.45) is 1.16. The molecule has 0 aliphatic heterocycles. The van der Waals surface area contributed by atoms with Gasteiger partial charge in [-0.25, -0.2) is 0 Å². The summed E-state index contributed by atoms with van der Waals surface area (Å²) in [4.78, 5) is 14.2. The molecule has 0 rings (SSSR count). The Morgan fingerprint density at radius 1 is 1.50 bits per heavy atom. The van der Waals surface area contributed by atoms with Gasteiger partial charge in [0, 0.05) is 43.4 Å². The lowest BCUT2D eigenvalue weighted by atomic mass is 10.5. The Morgan fingerprint density at radius 3 is 1.80 bits per heavy atom. The molecule has 7 heteroatoms. The maximum atomic E-state index is 8.70. The fraction of sp³-hybridized carbons (Fsp3) is 1.00. The molecule has 0 aromatic carbocycles. The summed E-state index contributed by atoms with van der Waals surface area (Å²) in [6, 6.07) is 0. The molecule has 0 aliphatic carbocycles. The van der Waals surface area contributed by atoms with Crippen LogP contribution in [0.25, 0.3) is 0 Å². The molecule has 0 bridgehead atoms. The first kappa shape index (κ1) is 13.5. The fourth-order valence-electron chi connectivity index (χ4n) is 0.169. The molecule has 62 valence electrons. The molecule has 10 heavy (non-hydrogen) atoms. The number of hydrogen-bond acceptors (Lipinski definition) is 2. The van der Waals surface area contributed by atoms with Crippen molar-refractivity contribution in [2.24, 2.45) is 0 Å². The summed E-state index contributed by atoms with van der Waals surface area (Å²) in [6.45, 7) is 3.16. The van der Waals surface area contributed by atoms with Gasteiger partial charge in [0.05, 0.1) is 0 Å². The zero-order valence-electron chi connectivity index (χ0n) is 5.37. The molecule has 0 spiro atoms. The minimum absolute atomic E-state index is 1.04. The first-order chi connectivity index (χ1) is 4.50. The highest BCUT2D eigenvalue weighted by molar-refractivity contribution is 9.21. The zero-order valence-corrected chi connectivity index (χ0v) is 9.43. The van der Waals surface area contributed by atoms with Crippen LogP contribution in [-0.4, -0.2) is 19.3 Å². The highest BCUT2D eigenvalue weighted by Gasteiger charge is 1.93. The van der Waals surface area contributed by atoms with Crippen molar-refractivity contribution in [3.63, 3.8) is 0 Å². The van der Waals surface area contributed by atoms with Gasteiger partial charge in [-0.2, -0.15) is 2.95 Å². The van der Waals surface area contributed by atoms with Crippen molar-refractivity contribution in [3.05, 3.63) is 0 Å². The van der Waals surface area contributed by atoms with Gasteiger partial charge in [-0.3, -0.25) is 0 Å². The molecule has 0 aliphatic rings. The van der Waals surface area contributed by atoms with E-state index in [1.165, 1.54) is 0 Å². The molecule has 0 unspecified atom stereocenters. The Bertz CT molecular complexity index is 87.8. The van der Waals surface area contributed by atoms with E-state index in [4.69, 9.17) is 14.4 Å². The average Bonchev–Trinajstić information content (AvgIpc) is 1.62. The molecular weight excluding hydrogens is 289 g/mol. The summed E-state index contributed by atoms with van der Waals surface area (Å²) in [5.41, 5.74) is 0. The van der Waals surface area contributed by atoms with Crippen LogP contribution in [0.2, 0.25) is 0 Å². The second kappa shape index (κ2) is 9.94. The third-order valence-corrected chi connectivity index (χ3v) is 1.10. The molecule has 2 N–H and O–H groups in total. The van der Waals surface area contributed by atoms with Crippen LogP contribution in [0.15, 0.2) is 0 Å². The molecule has 0 amide bonds. The maximum Gasteiger partial charge on any atom is 0.692 e. The van der Waals surface area contributed by atoms with Crippen molar-refractivity contribution in [2.45, 2.75) is 13.3 Å². The molecule has 0 heterocycles. The van der Waals surface area contributed by atoms with Gasteiger partial charge < -0.3 is 0 Å². The van der Waals surface area contributed by atoms with E-state index in [1.807, 2.05) is 0 Å². The van der Waals surface area contributed by atoms with Crippen LogP contribution in [0.4, 0.5) is 0 Å². The smallest absolute Gasteiger partial charge is 0.178 e. The van der Waals surface area contributed by atoms with Crippen LogP contribution in [-0.2, 0) is 4.57 Å². The van der Waals surface area contributed by atoms with Crippen LogP contribution >= 0.6 is 40.5 Å². The topological polar surface area (TPSA) is 60.8 Å². The van der Waals surface area contributed by atoms with Gasteiger partial charge in [-0.1, -0.05) is 6.92 Å². The van der Waals surface area contributed by atoms with E-state index in [9.17, 15) is 0 Å². The minimum atomic E-state index is -2.87. The van der Waals surface area contributed by atoms with Crippen LogP contribution in [0.1, 0.15) is 13.3 Å². The van der Waals surface area contributed by atoms with Crippen LogP contribution in [0, 0.1) is 0 Å². The molecule has 0 atom stereocenters. The number of halogens is 2. The van der Waals surface area contributed by atoms with E-state index in [2.05, 4.69) is 39.2 Å². The highest BCUT2D eigenvalue weighted by atomic mass is 79.9. The van der Waals surface area contributed by atoms with Crippen LogP contribution in [0.3, 0.4) is 0 Å². The van der Waals surface area contributed by atoms with E-state index in [-0.39, 0.29) is 0 Å². The highest BCUT2D eigenvalue weighted by Crippen LogP contribution is 2.04. The number of nitrogens with zero attached hydrogens (tertiary/aromatic N) is 1. The van der Waals surface area contributed by atoms with Crippen molar-refractivity contribution in [2.75, 3.05) is 6.54 Å². The second-order valence-corrected chi connectivity index (χ2v) is 4.45. The van der Waals surface area contributed by atoms with Gasteiger partial charge in [-0.05, 0) is 6.42 Å². The summed E-state index contributed by atoms with van der Waals surface area (Å²) in [5.74, 6) is 0. The summed E-state index contributed by atoms with van der Waals surface area (Å²) < 4.78 is 10.5. The SMILES string of the molecule is CCCN(Br)Br.O=[P+](O)O. The van der Waals surface area contributed by atoms with Crippen molar-refractivity contribution >= 4 is 40.5 Å². The lowest BCUT2D eigenvalue weighted by Crippen LogP contribution is -1.94. The van der Waals surface area contributed by atoms with Gasteiger partial charge >= 0.3 is 8.25 Å². The van der Waals surface area contributed by atoms with E-state index in [0.29, 0.717) is 0 Å². The van der Waals surface area contributed by atoms with Crippen molar-refractivity contribution < 1.29 is 14.4 Å². The monoisotopic (exact) mass is 296 g/mol. The predicted molar refractivity (Wildman–Crippen MR) is 46.9 cm³/mol. The van der Waals surface area contributed by atoms with Gasteiger partial charge in [-0.15, -0.1) is 9.79 Å². The Hall–Kier alpha value is 0.940. The van der Waals surface area contributed by atoms with Crippen molar-refractivity contribution in [1.82, 2.24) is 2.95 Å². The third-order valence-electron chi connectivity index (χ3n) is 0.393. The largest absolute Gasteiger partial charge is 0.692 e. The first-order valence-corrected chi connectivity index (χ1v) is 5.03. The van der Waals surface area contributed by atoms with Crippen molar-refractivity contribution in [3.8, 4) is 0 Å². The van der Waals surface area contributed by atoms with E-state index >= 15 is 0 Å². The Kier molecular flexibility index (Phi) is 13.4. The van der Waals surface area contributed by atoms with Crippen molar-refractivity contribution in [1.29, 1.82) is 0 Å². The standard InChI is InChI=1S/C3H7Br2N.HO3P/c1-2-3-6(4)5;1-4(2)3/h2-3H2,1H3;(H-,1,2,3)/p+1. The van der Waals surface area contributed by atoms with Crippen LogP contribution < -0.4 is 0 Å². The zero-order chi connectivity index (χ0) is 8.57. The molecule has 0 aromatic heterocycles. The van der Waals surface area contributed by atoms with E-state index in [0.717, 1.165) is 13.0 Å².